The Morgan fingerprint density at radius 2 is 2.21 bits per heavy atom. The van der Waals surface area contributed by atoms with Gasteiger partial charge in [0.1, 0.15) is 5.75 Å². The summed E-state index contributed by atoms with van der Waals surface area (Å²) in [6, 6.07) is 10.1. The standard InChI is InChI=1S/C19H23N3O2/c1-24-18-7-3-2-6-14(18)15-11-16(15)19(23)22-10-4-5-13(12-22)17-8-9-20-21-17/h2-3,6-9,13,15-16H,4-5,10-12H2,1H3,(H,20,21)/t13-,15-,16-/m0/s1. The van der Waals surface area contributed by atoms with Crippen LogP contribution < -0.4 is 4.74 Å². The van der Waals surface area contributed by atoms with Gasteiger partial charge in [0.25, 0.3) is 0 Å². The van der Waals surface area contributed by atoms with Crippen molar-refractivity contribution in [3.63, 3.8) is 0 Å². The van der Waals surface area contributed by atoms with Gasteiger partial charge < -0.3 is 9.64 Å². The van der Waals surface area contributed by atoms with Crippen LogP contribution in [0.3, 0.4) is 0 Å². The van der Waals surface area contributed by atoms with E-state index in [-0.39, 0.29) is 5.92 Å². The highest BCUT2D eigenvalue weighted by Gasteiger charge is 2.47. The molecular formula is C19H23N3O2. The number of nitrogens with one attached hydrogen (secondary N) is 1. The number of hydrogen-bond acceptors (Lipinski definition) is 3. The highest BCUT2D eigenvalue weighted by molar-refractivity contribution is 5.83. The van der Waals surface area contributed by atoms with Gasteiger partial charge in [-0.1, -0.05) is 18.2 Å². The molecule has 0 radical (unpaired) electrons. The zero-order valence-electron chi connectivity index (χ0n) is 13.9. The number of methoxy groups -OCH3 is 1. The number of H-pyrrole nitrogens is 1. The lowest BCUT2D eigenvalue weighted by Gasteiger charge is -2.32. The van der Waals surface area contributed by atoms with Crippen LogP contribution in [0.5, 0.6) is 5.75 Å². The maximum absolute atomic E-state index is 12.9. The monoisotopic (exact) mass is 325 g/mol. The molecule has 24 heavy (non-hydrogen) atoms. The van der Waals surface area contributed by atoms with Crippen LogP contribution in [-0.4, -0.2) is 41.2 Å². The molecule has 1 saturated heterocycles. The van der Waals surface area contributed by atoms with Crippen LogP contribution in [0.1, 0.15) is 42.4 Å². The number of piperidine rings is 1. The zero-order chi connectivity index (χ0) is 16.5. The first-order valence-corrected chi connectivity index (χ1v) is 8.69. The van der Waals surface area contributed by atoms with E-state index >= 15 is 0 Å². The minimum Gasteiger partial charge on any atom is -0.496 e. The third-order valence-corrected chi connectivity index (χ3v) is 5.34. The average molecular weight is 325 g/mol. The Morgan fingerprint density at radius 1 is 1.33 bits per heavy atom. The van der Waals surface area contributed by atoms with Crippen molar-refractivity contribution in [3.8, 4) is 5.75 Å². The molecule has 2 aromatic rings. The quantitative estimate of drug-likeness (QED) is 0.940. The van der Waals surface area contributed by atoms with Crippen LogP contribution in [0.4, 0.5) is 0 Å². The molecule has 1 amide bonds. The molecule has 0 unspecified atom stereocenters. The molecule has 1 N–H and O–H groups in total. The van der Waals surface area contributed by atoms with Crippen molar-refractivity contribution >= 4 is 5.91 Å². The summed E-state index contributed by atoms with van der Waals surface area (Å²) < 4.78 is 5.45. The molecule has 0 bridgehead atoms. The van der Waals surface area contributed by atoms with Gasteiger partial charge >= 0.3 is 0 Å². The Morgan fingerprint density at radius 3 is 3.00 bits per heavy atom. The van der Waals surface area contributed by atoms with Gasteiger partial charge in [0.15, 0.2) is 0 Å². The minimum atomic E-state index is 0.113. The average Bonchev–Trinajstić information content (AvgIpc) is 3.24. The van der Waals surface area contributed by atoms with Crippen molar-refractivity contribution in [2.45, 2.75) is 31.1 Å². The minimum absolute atomic E-state index is 0.113. The van der Waals surface area contributed by atoms with Crippen LogP contribution >= 0.6 is 0 Å². The molecular weight excluding hydrogens is 302 g/mol. The number of nitrogens with zero attached hydrogens (tertiary/aromatic N) is 2. The number of aromatic nitrogens is 2. The van der Waals surface area contributed by atoms with E-state index in [0.717, 1.165) is 43.8 Å². The molecule has 126 valence electrons. The Labute approximate surface area is 142 Å². The molecule has 0 spiro atoms. The lowest BCUT2D eigenvalue weighted by atomic mass is 9.94. The van der Waals surface area contributed by atoms with Gasteiger partial charge in [-0.25, -0.2) is 0 Å². The number of hydrogen-bond donors (Lipinski definition) is 1. The lowest BCUT2D eigenvalue weighted by molar-refractivity contribution is -0.133. The summed E-state index contributed by atoms with van der Waals surface area (Å²) in [6.45, 7) is 1.68. The van der Waals surface area contributed by atoms with Gasteiger partial charge in [-0.3, -0.25) is 9.89 Å². The highest BCUT2D eigenvalue weighted by atomic mass is 16.5. The van der Waals surface area contributed by atoms with Crippen molar-refractivity contribution in [1.82, 2.24) is 15.1 Å². The number of carbonyl (C=O) groups is 1. The van der Waals surface area contributed by atoms with E-state index in [1.807, 2.05) is 24.3 Å². The van der Waals surface area contributed by atoms with Gasteiger partial charge in [0, 0.05) is 36.8 Å². The molecule has 3 atom stereocenters. The summed E-state index contributed by atoms with van der Waals surface area (Å²) >= 11 is 0. The second-order valence-corrected chi connectivity index (χ2v) is 6.83. The third kappa shape index (κ3) is 2.79. The second kappa shape index (κ2) is 6.30. The fourth-order valence-electron chi connectivity index (χ4n) is 3.94. The fraction of sp³-hybridized carbons (Fsp3) is 0.474. The highest BCUT2D eigenvalue weighted by Crippen LogP contribution is 2.51. The molecule has 2 fully saturated rings. The first-order chi connectivity index (χ1) is 11.8. The van der Waals surface area contributed by atoms with Gasteiger partial charge in [-0.2, -0.15) is 5.10 Å². The van der Waals surface area contributed by atoms with E-state index in [4.69, 9.17) is 4.74 Å². The molecule has 1 aliphatic heterocycles. The van der Waals surface area contributed by atoms with Gasteiger partial charge in [-0.05, 0) is 42.9 Å². The Hall–Kier alpha value is -2.30. The summed E-state index contributed by atoms with van der Waals surface area (Å²) in [5.41, 5.74) is 2.31. The molecule has 2 heterocycles. The number of para-hydroxylation sites is 1. The molecule has 1 aromatic heterocycles. The van der Waals surface area contributed by atoms with Gasteiger partial charge in [-0.15, -0.1) is 0 Å². The maximum Gasteiger partial charge on any atom is 0.226 e. The third-order valence-electron chi connectivity index (χ3n) is 5.34. The summed E-state index contributed by atoms with van der Waals surface area (Å²) in [5, 5.41) is 7.10. The van der Waals surface area contributed by atoms with Crippen molar-refractivity contribution in [2.75, 3.05) is 20.2 Å². The van der Waals surface area contributed by atoms with Crippen molar-refractivity contribution in [2.24, 2.45) is 5.92 Å². The number of benzene rings is 1. The predicted octanol–water partition coefficient (Wildman–Crippen LogP) is 2.93. The Bertz CT molecular complexity index is 713. The van der Waals surface area contributed by atoms with Crippen LogP contribution in [0.25, 0.3) is 0 Å². The topological polar surface area (TPSA) is 58.2 Å². The number of aromatic amines is 1. The molecule has 1 aliphatic carbocycles. The molecule has 1 saturated carbocycles. The van der Waals surface area contributed by atoms with Crippen LogP contribution in [0, 0.1) is 5.92 Å². The number of likely N-dealkylation sites (tertiary alicyclic amines) is 1. The molecule has 2 aliphatic rings. The molecule has 4 rings (SSSR count). The number of carbonyl (C=O) groups excluding carboxylic acids is 1. The summed E-state index contributed by atoms with van der Waals surface area (Å²) in [6.07, 6.45) is 4.90. The van der Waals surface area contributed by atoms with E-state index in [1.165, 1.54) is 5.56 Å². The van der Waals surface area contributed by atoms with E-state index in [1.54, 1.807) is 13.3 Å². The first kappa shape index (κ1) is 15.2. The van der Waals surface area contributed by atoms with Crippen LogP contribution in [0.2, 0.25) is 0 Å². The Balaban J connectivity index is 1.43. The largest absolute Gasteiger partial charge is 0.496 e. The van der Waals surface area contributed by atoms with E-state index in [2.05, 4.69) is 21.2 Å². The lowest BCUT2D eigenvalue weighted by Crippen LogP contribution is -2.40. The molecule has 5 nitrogen and oxygen atoms in total. The Kier molecular flexibility index (Phi) is 4.00. The van der Waals surface area contributed by atoms with Crippen molar-refractivity contribution in [1.29, 1.82) is 0 Å². The van der Waals surface area contributed by atoms with Crippen LogP contribution in [0.15, 0.2) is 36.5 Å². The predicted molar refractivity (Wildman–Crippen MR) is 91.0 cm³/mol. The zero-order valence-corrected chi connectivity index (χ0v) is 13.9. The van der Waals surface area contributed by atoms with Crippen molar-refractivity contribution < 1.29 is 9.53 Å². The number of rotatable bonds is 4. The van der Waals surface area contributed by atoms with E-state index in [9.17, 15) is 4.79 Å². The van der Waals surface area contributed by atoms with Gasteiger partial charge in [0.2, 0.25) is 5.91 Å². The summed E-state index contributed by atoms with van der Waals surface area (Å²) in [5.74, 6) is 2.00. The number of ether oxygens (including phenoxy) is 1. The summed E-state index contributed by atoms with van der Waals surface area (Å²) in [4.78, 5) is 15.0. The normalized spacial score (nSPS) is 26.2. The first-order valence-electron chi connectivity index (χ1n) is 8.69. The number of amides is 1. The SMILES string of the molecule is COc1ccccc1[C@@H]1C[C@@H]1C(=O)N1CCC[C@H](c2ccn[nH]2)C1. The smallest absolute Gasteiger partial charge is 0.226 e. The fourth-order valence-corrected chi connectivity index (χ4v) is 3.94. The molecule has 1 aromatic carbocycles. The maximum atomic E-state index is 12.9. The van der Waals surface area contributed by atoms with Gasteiger partial charge in [0.05, 0.1) is 7.11 Å². The van der Waals surface area contributed by atoms with E-state index in [0.29, 0.717) is 17.7 Å². The van der Waals surface area contributed by atoms with E-state index < -0.39 is 0 Å². The second-order valence-electron chi connectivity index (χ2n) is 6.83. The summed E-state index contributed by atoms with van der Waals surface area (Å²) in [7, 11) is 1.69. The van der Waals surface area contributed by atoms with Crippen molar-refractivity contribution in [3.05, 3.63) is 47.8 Å². The van der Waals surface area contributed by atoms with Crippen LogP contribution in [-0.2, 0) is 4.79 Å². The molecule has 5 heteroatoms.